The Bertz CT molecular complexity index is 1010. The SMILES string of the molecule is CCC(CC)Nc1nc(C)c(-c2ccc(S(=O)(=O)C(F)(F)F)cc2OC)nc1OC. The van der Waals surface area contributed by atoms with Crippen LogP contribution in [-0.4, -0.2) is 44.2 Å². The van der Waals surface area contributed by atoms with Crippen molar-refractivity contribution in [3.05, 3.63) is 23.9 Å². The number of hydrogen-bond acceptors (Lipinski definition) is 7. The Kier molecular flexibility index (Phi) is 7.17. The van der Waals surface area contributed by atoms with Gasteiger partial charge in [-0.05, 0) is 38.0 Å². The zero-order valence-corrected chi connectivity index (χ0v) is 18.1. The number of ether oxygens (including phenoxy) is 2. The van der Waals surface area contributed by atoms with E-state index in [-0.39, 0.29) is 23.2 Å². The predicted molar refractivity (Wildman–Crippen MR) is 107 cm³/mol. The number of hydrogen-bond donors (Lipinski definition) is 1. The van der Waals surface area contributed by atoms with Gasteiger partial charge in [-0.3, -0.25) is 0 Å². The minimum absolute atomic E-state index is 0.0829. The van der Waals surface area contributed by atoms with Crippen LogP contribution < -0.4 is 14.8 Å². The number of methoxy groups -OCH3 is 2. The zero-order valence-electron chi connectivity index (χ0n) is 17.3. The minimum atomic E-state index is -5.51. The number of rotatable bonds is 8. The van der Waals surface area contributed by atoms with Crippen molar-refractivity contribution < 1.29 is 31.1 Å². The first-order chi connectivity index (χ1) is 14.0. The average molecular weight is 447 g/mol. The van der Waals surface area contributed by atoms with E-state index in [1.807, 2.05) is 13.8 Å². The molecule has 0 radical (unpaired) electrons. The molecule has 0 unspecified atom stereocenters. The lowest BCUT2D eigenvalue weighted by molar-refractivity contribution is -0.0436. The Morgan fingerprint density at radius 1 is 1.10 bits per heavy atom. The summed E-state index contributed by atoms with van der Waals surface area (Å²) in [6.07, 6.45) is 1.73. The molecule has 0 bridgehead atoms. The predicted octanol–water partition coefficient (Wildman–Crippen LogP) is 4.36. The number of aryl methyl sites for hydroxylation is 1. The van der Waals surface area contributed by atoms with Crippen LogP contribution in [0.15, 0.2) is 23.1 Å². The summed E-state index contributed by atoms with van der Waals surface area (Å²) in [6.45, 7) is 5.74. The van der Waals surface area contributed by atoms with Gasteiger partial charge in [0.15, 0.2) is 5.82 Å². The molecule has 0 fully saturated rings. The highest BCUT2D eigenvalue weighted by atomic mass is 32.2. The second-order valence-electron chi connectivity index (χ2n) is 6.48. The molecule has 1 aromatic heterocycles. The fourth-order valence-electron chi connectivity index (χ4n) is 2.85. The van der Waals surface area contributed by atoms with Gasteiger partial charge < -0.3 is 14.8 Å². The maximum atomic E-state index is 12.9. The molecule has 0 spiro atoms. The molecule has 2 aromatic rings. The number of alkyl halides is 3. The largest absolute Gasteiger partial charge is 0.501 e. The maximum absolute atomic E-state index is 12.9. The topological polar surface area (TPSA) is 90.4 Å². The van der Waals surface area contributed by atoms with Crippen molar-refractivity contribution in [1.82, 2.24) is 9.97 Å². The van der Waals surface area contributed by atoms with Crippen molar-refractivity contribution in [2.45, 2.75) is 50.1 Å². The summed E-state index contributed by atoms with van der Waals surface area (Å²) in [6, 6.07) is 3.06. The van der Waals surface area contributed by atoms with Crippen LogP contribution in [0.1, 0.15) is 32.4 Å². The van der Waals surface area contributed by atoms with Crippen molar-refractivity contribution >= 4 is 15.7 Å². The van der Waals surface area contributed by atoms with Gasteiger partial charge in [0.25, 0.3) is 15.7 Å². The monoisotopic (exact) mass is 447 g/mol. The third-order valence-corrected chi connectivity index (χ3v) is 6.09. The molecule has 2 rings (SSSR count). The van der Waals surface area contributed by atoms with E-state index in [1.165, 1.54) is 20.3 Å². The quantitative estimate of drug-likeness (QED) is 0.643. The van der Waals surface area contributed by atoms with Gasteiger partial charge in [-0.1, -0.05) is 13.8 Å². The maximum Gasteiger partial charge on any atom is 0.501 e. The third-order valence-electron chi connectivity index (χ3n) is 4.60. The second kappa shape index (κ2) is 9.07. The molecule has 30 heavy (non-hydrogen) atoms. The molecule has 166 valence electrons. The second-order valence-corrected chi connectivity index (χ2v) is 8.43. The highest BCUT2D eigenvalue weighted by molar-refractivity contribution is 7.92. The highest BCUT2D eigenvalue weighted by Gasteiger charge is 2.47. The van der Waals surface area contributed by atoms with Crippen LogP contribution in [0.4, 0.5) is 19.0 Å². The average Bonchev–Trinajstić information content (AvgIpc) is 2.70. The zero-order chi connectivity index (χ0) is 22.7. The molecule has 0 atom stereocenters. The van der Waals surface area contributed by atoms with Crippen LogP contribution in [0.2, 0.25) is 0 Å². The van der Waals surface area contributed by atoms with E-state index in [2.05, 4.69) is 15.3 Å². The summed E-state index contributed by atoms with van der Waals surface area (Å²) in [7, 11) is -2.85. The van der Waals surface area contributed by atoms with Gasteiger partial charge in [-0.25, -0.2) is 18.4 Å². The number of aromatic nitrogens is 2. The number of nitrogens with zero attached hydrogens (tertiary/aromatic N) is 2. The Morgan fingerprint density at radius 3 is 2.23 bits per heavy atom. The molecule has 0 aliphatic rings. The van der Waals surface area contributed by atoms with Gasteiger partial charge in [-0.2, -0.15) is 13.2 Å². The number of sulfone groups is 1. The normalized spacial score (nSPS) is 12.2. The smallest absolute Gasteiger partial charge is 0.496 e. The molecule has 1 heterocycles. The molecule has 1 aromatic carbocycles. The molecule has 0 saturated carbocycles. The molecule has 0 amide bonds. The fraction of sp³-hybridized carbons (Fsp3) is 0.474. The van der Waals surface area contributed by atoms with Crippen molar-refractivity contribution in [2.24, 2.45) is 0 Å². The summed E-state index contributed by atoms with van der Waals surface area (Å²) in [5, 5.41) is 3.26. The van der Waals surface area contributed by atoms with E-state index in [1.54, 1.807) is 6.92 Å². The van der Waals surface area contributed by atoms with Crippen LogP contribution in [0.25, 0.3) is 11.3 Å². The molecule has 0 aliphatic carbocycles. The van der Waals surface area contributed by atoms with Crippen molar-refractivity contribution in [3.8, 4) is 22.9 Å². The molecule has 0 aliphatic heterocycles. The first-order valence-corrected chi connectivity index (χ1v) is 10.7. The van der Waals surface area contributed by atoms with E-state index < -0.39 is 20.2 Å². The molecule has 11 heteroatoms. The van der Waals surface area contributed by atoms with E-state index in [4.69, 9.17) is 9.47 Å². The highest BCUT2D eigenvalue weighted by Crippen LogP contribution is 2.38. The third kappa shape index (κ3) is 4.61. The molecular formula is C19H24F3N3O4S. The summed E-state index contributed by atoms with van der Waals surface area (Å²) in [5.74, 6) is 0.569. The molecule has 7 nitrogen and oxygen atoms in total. The first kappa shape index (κ1) is 23.7. The number of benzene rings is 1. The minimum Gasteiger partial charge on any atom is -0.496 e. The Morgan fingerprint density at radius 2 is 1.73 bits per heavy atom. The van der Waals surface area contributed by atoms with Crippen LogP contribution in [0.3, 0.4) is 0 Å². The van der Waals surface area contributed by atoms with E-state index in [0.717, 1.165) is 25.0 Å². The lowest BCUT2D eigenvalue weighted by atomic mass is 10.1. The number of halogens is 3. The van der Waals surface area contributed by atoms with Gasteiger partial charge in [0.1, 0.15) is 5.75 Å². The molecular weight excluding hydrogens is 423 g/mol. The van der Waals surface area contributed by atoms with Gasteiger partial charge in [0.2, 0.25) is 0 Å². The van der Waals surface area contributed by atoms with Crippen molar-refractivity contribution in [1.29, 1.82) is 0 Å². The Hall–Kier alpha value is -2.56. The van der Waals surface area contributed by atoms with Crippen molar-refractivity contribution in [2.75, 3.05) is 19.5 Å². The van der Waals surface area contributed by atoms with Crippen LogP contribution in [0.5, 0.6) is 11.6 Å². The Balaban J connectivity index is 2.59. The van der Waals surface area contributed by atoms with E-state index in [9.17, 15) is 21.6 Å². The molecule has 1 N–H and O–H groups in total. The van der Waals surface area contributed by atoms with E-state index in [0.29, 0.717) is 17.2 Å². The lowest BCUT2D eigenvalue weighted by Gasteiger charge is -2.19. The van der Waals surface area contributed by atoms with Crippen molar-refractivity contribution in [3.63, 3.8) is 0 Å². The van der Waals surface area contributed by atoms with Gasteiger partial charge in [0, 0.05) is 11.6 Å². The molecule has 0 saturated heterocycles. The summed E-state index contributed by atoms with van der Waals surface area (Å²) >= 11 is 0. The van der Waals surface area contributed by atoms with Crippen LogP contribution >= 0.6 is 0 Å². The first-order valence-electron chi connectivity index (χ1n) is 9.19. The summed E-state index contributed by atoms with van der Waals surface area (Å²) < 4.78 is 72.5. The number of nitrogens with one attached hydrogen (secondary N) is 1. The summed E-state index contributed by atoms with van der Waals surface area (Å²) in [4.78, 5) is 8.01. The summed E-state index contributed by atoms with van der Waals surface area (Å²) in [5.41, 5.74) is -4.36. The number of anilines is 1. The van der Waals surface area contributed by atoms with Crippen LogP contribution in [0, 0.1) is 6.92 Å². The Labute approximate surface area is 173 Å². The van der Waals surface area contributed by atoms with E-state index >= 15 is 0 Å². The standard InChI is InChI=1S/C19H24F3N3O4S/c1-6-12(7-2)24-17-18(29-5)25-16(11(3)23-17)14-9-8-13(10-15(14)28-4)30(26,27)19(20,21)22/h8-10,12H,6-7H2,1-5H3,(H,23,24). The fourth-order valence-corrected chi connectivity index (χ4v) is 3.63. The van der Waals surface area contributed by atoms with Gasteiger partial charge >= 0.3 is 5.51 Å². The van der Waals surface area contributed by atoms with Gasteiger partial charge in [-0.15, -0.1) is 0 Å². The lowest BCUT2D eigenvalue weighted by Crippen LogP contribution is -2.23. The van der Waals surface area contributed by atoms with Crippen LogP contribution in [-0.2, 0) is 9.84 Å². The van der Waals surface area contributed by atoms with Gasteiger partial charge in [0.05, 0.1) is 30.5 Å².